The van der Waals surface area contributed by atoms with Gasteiger partial charge in [-0.2, -0.15) is 19.3 Å². The molecule has 0 aliphatic carbocycles. The molecule has 0 aliphatic rings. The van der Waals surface area contributed by atoms with Gasteiger partial charge in [0.15, 0.2) is 11.6 Å². The van der Waals surface area contributed by atoms with E-state index in [-0.39, 0.29) is 72.6 Å². The van der Waals surface area contributed by atoms with Gasteiger partial charge < -0.3 is 48.5 Å². The highest BCUT2D eigenvalue weighted by Gasteiger charge is 2.17. The van der Waals surface area contributed by atoms with E-state index in [1.165, 1.54) is 0 Å². The lowest BCUT2D eigenvalue weighted by molar-refractivity contribution is 0.266. The second-order valence-electron chi connectivity index (χ2n) is 14.0. The van der Waals surface area contributed by atoms with Gasteiger partial charge in [0.2, 0.25) is 23.8 Å². The molecule has 0 bridgehead atoms. The summed E-state index contributed by atoms with van der Waals surface area (Å²) in [5, 5.41) is 39.5. The molecule has 4 heterocycles. The van der Waals surface area contributed by atoms with Crippen LogP contribution in [0.2, 0.25) is 0 Å². The molecule has 2 aromatic carbocycles. The van der Waals surface area contributed by atoms with Crippen LogP contribution >= 0.6 is 0 Å². The van der Waals surface area contributed by atoms with Crippen molar-refractivity contribution in [1.29, 1.82) is 0 Å². The molecule has 0 aliphatic heterocycles. The van der Waals surface area contributed by atoms with Crippen LogP contribution < -0.4 is 33.2 Å². The minimum absolute atomic E-state index is 0.00217. The van der Waals surface area contributed by atoms with Crippen LogP contribution in [0.5, 0.6) is 0 Å². The van der Waals surface area contributed by atoms with Gasteiger partial charge in [-0.15, -0.1) is 0 Å². The van der Waals surface area contributed by atoms with Crippen molar-refractivity contribution in [3.05, 3.63) is 66.4 Å². The van der Waals surface area contributed by atoms with Crippen LogP contribution in [-0.2, 0) is 0 Å². The highest BCUT2D eigenvalue weighted by atomic mass is 19.2. The van der Waals surface area contributed by atoms with Gasteiger partial charge in [0.05, 0.1) is 54.5 Å². The molecule has 0 amide bonds. The fourth-order valence-corrected chi connectivity index (χ4v) is 6.10. The Morgan fingerprint density at radius 3 is 1.31 bits per heavy atom. The predicted molar refractivity (Wildman–Crippen MR) is 232 cm³/mol. The summed E-state index contributed by atoms with van der Waals surface area (Å²) < 4.78 is 26.5. The number of hydrogen-bond acceptors (Lipinski definition) is 16. The number of hydrogen-bond donors (Lipinski definition) is 9. The van der Waals surface area contributed by atoms with Crippen LogP contribution in [0, 0.1) is 11.8 Å². The summed E-state index contributed by atoms with van der Waals surface area (Å²) >= 11 is 0. The molecule has 3 atom stereocenters. The van der Waals surface area contributed by atoms with Crippen LogP contribution in [0.3, 0.4) is 0 Å². The summed E-state index contributed by atoms with van der Waals surface area (Å²) in [6.07, 6.45) is 8.75. The lowest BCUT2D eigenvalue weighted by Crippen LogP contribution is -2.25. The van der Waals surface area contributed by atoms with Crippen molar-refractivity contribution in [1.82, 2.24) is 34.9 Å². The molecule has 0 saturated heterocycles. The molecule has 0 fully saturated rings. The summed E-state index contributed by atoms with van der Waals surface area (Å²) in [4.78, 5) is 28.2. The predicted octanol–water partition coefficient (Wildman–Crippen LogP) is 6.20. The number of aliphatic hydroxyl groups excluding tert-OH is 3. The topological polar surface area (TPSA) is 265 Å². The van der Waals surface area contributed by atoms with E-state index in [4.69, 9.17) is 17.2 Å². The summed E-state index contributed by atoms with van der Waals surface area (Å²) in [6, 6.07) is 16.1. The number of rotatable bonds is 18. The molecule has 0 radical (unpaired) electrons. The quantitative estimate of drug-likeness (QED) is 0.0437. The number of unbranched alkanes of at least 4 members (excludes halogenated alkanes) is 3. The van der Waals surface area contributed by atoms with Gasteiger partial charge in [-0.25, -0.2) is 24.3 Å². The van der Waals surface area contributed by atoms with Gasteiger partial charge in [-0.05, 0) is 43.5 Å². The molecule has 12 N–H and O–H groups in total. The number of para-hydroxylation sites is 2. The first-order valence-electron chi connectivity index (χ1n) is 20.0. The number of halogens is 2. The van der Waals surface area contributed by atoms with Crippen LogP contribution in [0.25, 0.3) is 32.8 Å². The van der Waals surface area contributed by atoms with Crippen molar-refractivity contribution in [3.8, 4) is 0 Å². The number of anilines is 6. The third kappa shape index (κ3) is 13.6. The molecular weight excluding hydrogens is 761 g/mol. The van der Waals surface area contributed by atoms with Crippen molar-refractivity contribution in [2.45, 2.75) is 96.7 Å². The Bertz CT molecular complexity index is 2120. The first-order valence-corrected chi connectivity index (χ1v) is 20.0. The van der Waals surface area contributed by atoms with Crippen molar-refractivity contribution in [2.24, 2.45) is 0 Å². The minimum atomic E-state index is -1.23. The molecule has 4 aromatic heterocycles. The Labute approximate surface area is 342 Å². The summed E-state index contributed by atoms with van der Waals surface area (Å²) in [5.74, 6) is -0.348. The lowest BCUT2D eigenvalue weighted by atomic mass is 10.1. The Balaban J connectivity index is 0.000000196. The van der Waals surface area contributed by atoms with Gasteiger partial charge in [0, 0.05) is 16.8 Å². The van der Waals surface area contributed by atoms with E-state index in [9.17, 15) is 24.1 Å². The van der Waals surface area contributed by atoms with E-state index in [2.05, 4.69) is 64.7 Å². The Morgan fingerprint density at radius 2 is 0.898 bits per heavy atom. The van der Waals surface area contributed by atoms with Gasteiger partial charge in [0.25, 0.3) is 0 Å². The fraction of sp³-hybridized carbons (Fsp3) is 0.439. The molecule has 6 rings (SSSR count). The number of aliphatic hydroxyl groups is 3. The van der Waals surface area contributed by atoms with Crippen LogP contribution in [0.1, 0.15) is 78.6 Å². The first kappa shape index (κ1) is 45.8. The van der Waals surface area contributed by atoms with Gasteiger partial charge in [0.1, 0.15) is 17.2 Å². The van der Waals surface area contributed by atoms with Gasteiger partial charge >= 0.3 is 0 Å². The average Bonchev–Trinajstić information content (AvgIpc) is 3.23. The number of nitrogens with one attached hydrogen (secondary N) is 3. The van der Waals surface area contributed by atoms with E-state index in [1.807, 2.05) is 55.5 Å². The smallest absolute Gasteiger partial charge is 0.249 e. The zero-order chi connectivity index (χ0) is 42.7. The highest BCUT2D eigenvalue weighted by Crippen LogP contribution is 2.25. The van der Waals surface area contributed by atoms with Gasteiger partial charge in [-0.3, -0.25) is 0 Å². The summed E-state index contributed by atoms with van der Waals surface area (Å²) in [5.41, 5.74) is 18.8. The van der Waals surface area contributed by atoms with Crippen molar-refractivity contribution < 1.29 is 24.1 Å². The summed E-state index contributed by atoms with van der Waals surface area (Å²) in [6.45, 7) is 6.34. The second kappa shape index (κ2) is 23.5. The monoisotopic (exact) mass is 817 g/mol. The summed E-state index contributed by atoms with van der Waals surface area (Å²) in [7, 11) is 0. The number of nitrogens with zero attached hydrogens (tertiary/aromatic N) is 7. The largest absolute Gasteiger partial charge is 0.394 e. The number of nitrogens with two attached hydrogens (primary N) is 3. The number of benzene rings is 2. The Kier molecular flexibility index (Phi) is 18.3. The Morgan fingerprint density at radius 1 is 0.525 bits per heavy atom. The molecule has 318 valence electrons. The highest BCUT2D eigenvalue weighted by molar-refractivity contribution is 5.91. The van der Waals surface area contributed by atoms with E-state index in [0.29, 0.717) is 18.1 Å². The SMILES string of the molecule is CCCC[C@@H](CO)Nc1nc(N)nc2ccccc12.CCCC[C@H](CO)Nc1nc(N)nc2cc(F)c(F)nc12.CCCC[C@H](CO)Nc1nc(N)nc2ccccc12. The second-order valence-corrected chi connectivity index (χ2v) is 14.0. The van der Waals surface area contributed by atoms with Crippen molar-refractivity contribution in [2.75, 3.05) is 53.0 Å². The van der Waals surface area contributed by atoms with E-state index >= 15 is 0 Å². The van der Waals surface area contributed by atoms with Crippen molar-refractivity contribution >= 4 is 68.1 Å². The molecular formula is C41H57F2N13O3. The van der Waals surface area contributed by atoms with E-state index < -0.39 is 11.8 Å². The van der Waals surface area contributed by atoms with E-state index in [0.717, 1.165) is 79.2 Å². The van der Waals surface area contributed by atoms with Crippen LogP contribution in [-0.4, -0.2) is 88.2 Å². The normalized spacial score (nSPS) is 12.5. The molecule has 6 aromatic rings. The average molecular weight is 818 g/mol. The maximum absolute atomic E-state index is 13.3. The number of nitrogen functional groups attached to an aromatic ring is 3. The number of pyridine rings is 1. The maximum Gasteiger partial charge on any atom is 0.249 e. The zero-order valence-corrected chi connectivity index (χ0v) is 33.9. The molecule has 0 spiro atoms. The Hall–Kier alpha value is -5.85. The van der Waals surface area contributed by atoms with Crippen molar-refractivity contribution in [3.63, 3.8) is 0 Å². The standard InChI is InChI=1S/2C14H20N4O.C13H17F2N5O/c2*1-2-3-6-10(9-19)16-13-11-7-4-5-8-12(11)17-14(15)18-13;1-2-3-4-7(6-21)17-12-10-9(18-13(16)20-12)5-8(14)11(15)19-10/h2*4-5,7-8,10,19H,2-3,6,9H2,1H3,(H3,15,16,17,18);5,7,21H,2-4,6H2,1H3,(H3,16,17,18,20)/t2*10-;7-/m101/s1. The maximum atomic E-state index is 13.3. The molecule has 16 nitrogen and oxygen atoms in total. The molecule has 18 heteroatoms. The third-order valence-electron chi connectivity index (χ3n) is 9.24. The molecule has 0 unspecified atom stereocenters. The fourth-order valence-electron chi connectivity index (χ4n) is 6.10. The molecule has 59 heavy (non-hydrogen) atoms. The first-order chi connectivity index (χ1) is 28.5. The third-order valence-corrected chi connectivity index (χ3v) is 9.24. The zero-order valence-electron chi connectivity index (χ0n) is 33.9. The molecule has 0 saturated carbocycles. The minimum Gasteiger partial charge on any atom is -0.394 e. The number of fused-ring (bicyclic) bond motifs is 3. The lowest BCUT2D eigenvalue weighted by Gasteiger charge is -2.17. The van der Waals surface area contributed by atoms with Crippen LogP contribution in [0.15, 0.2) is 54.6 Å². The van der Waals surface area contributed by atoms with E-state index in [1.54, 1.807) is 0 Å². The number of aromatic nitrogens is 7. The van der Waals surface area contributed by atoms with Gasteiger partial charge in [-0.1, -0.05) is 83.6 Å². The van der Waals surface area contributed by atoms with Crippen LogP contribution in [0.4, 0.5) is 44.1 Å².